The molecule has 1 aliphatic rings. The highest BCUT2D eigenvalue weighted by atomic mass is 35.5. The molecule has 1 aliphatic heterocycles. The van der Waals surface area contributed by atoms with Crippen LogP contribution in [0.5, 0.6) is 0 Å². The van der Waals surface area contributed by atoms with Crippen LogP contribution in [0.25, 0.3) is 0 Å². The van der Waals surface area contributed by atoms with Gasteiger partial charge in [0.05, 0.1) is 0 Å². The van der Waals surface area contributed by atoms with Gasteiger partial charge in [0, 0.05) is 32.7 Å². The summed E-state index contributed by atoms with van der Waals surface area (Å²) in [5.41, 5.74) is 0.556. The number of hydrogen-bond donors (Lipinski definition) is 0. The SMILES string of the molecule is CN(CC1CCOCC1)S(=O)(=O)c1ccc(CCl)cc1F. The van der Waals surface area contributed by atoms with E-state index in [2.05, 4.69) is 0 Å². The van der Waals surface area contributed by atoms with E-state index in [1.807, 2.05) is 0 Å². The Hall–Kier alpha value is -0.690. The standard InChI is InChI=1S/C14H19ClFNO3S/c1-17(10-11-4-6-20-7-5-11)21(18,19)14-3-2-12(9-15)8-13(14)16/h2-3,8,11H,4-7,9-10H2,1H3. The molecule has 1 aromatic rings. The Morgan fingerprint density at radius 1 is 1.38 bits per heavy atom. The zero-order valence-electron chi connectivity index (χ0n) is 11.9. The third-order valence-electron chi connectivity index (χ3n) is 3.70. The Morgan fingerprint density at radius 3 is 2.62 bits per heavy atom. The van der Waals surface area contributed by atoms with Gasteiger partial charge in [0.15, 0.2) is 0 Å². The maximum Gasteiger partial charge on any atom is 0.245 e. The second-order valence-electron chi connectivity index (χ2n) is 5.24. The maximum absolute atomic E-state index is 14.0. The van der Waals surface area contributed by atoms with E-state index in [4.69, 9.17) is 16.3 Å². The van der Waals surface area contributed by atoms with Gasteiger partial charge in [-0.15, -0.1) is 11.6 Å². The number of alkyl halides is 1. The lowest BCUT2D eigenvalue weighted by atomic mass is 10.0. The summed E-state index contributed by atoms with van der Waals surface area (Å²) in [5, 5.41) is 0. The van der Waals surface area contributed by atoms with Gasteiger partial charge in [0.1, 0.15) is 10.7 Å². The third-order valence-corrected chi connectivity index (χ3v) is 5.86. The van der Waals surface area contributed by atoms with E-state index >= 15 is 0 Å². The molecule has 1 fully saturated rings. The highest BCUT2D eigenvalue weighted by Gasteiger charge is 2.27. The normalized spacial score (nSPS) is 17.3. The quantitative estimate of drug-likeness (QED) is 0.777. The zero-order chi connectivity index (χ0) is 15.5. The van der Waals surface area contributed by atoms with Crippen LogP contribution >= 0.6 is 11.6 Å². The van der Waals surface area contributed by atoms with Gasteiger partial charge in [-0.3, -0.25) is 0 Å². The first-order valence-electron chi connectivity index (χ1n) is 6.83. The molecule has 1 aromatic carbocycles. The molecule has 2 rings (SSSR count). The lowest BCUT2D eigenvalue weighted by molar-refractivity contribution is 0.0620. The van der Waals surface area contributed by atoms with E-state index in [1.165, 1.54) is 29.6 Å². The molecular formula is C14H19ClFNO3S. The molecule has 1 heterocycles. The summed E-state index contributed by atoms with van der Waals surface area (Å²) in [4.78, 5) is -0.300. The van der Waals surface area contributed by atoms with Crippen molar-refractivity contribution in [1.29, 1.82) is 0 Å². The molecule has 0 spiro atoms. The van der Waals surface area contributed by atoms with Crippen LogP contribution < -0.4 is 0 Å². The molecule has 0 aromatic heterocycles. The van der Waals surface area contributed by atoms with Crippen LogP contribution in [0, 0.1) is 11.7 Å². The number of benzene rings is 1. The van der Waals surface area contributed by atoms with Gasteiger partial charge < -0.3 is 4.74 Å². The van der Waals surface area contributed by atoms with Crippen LogP contribution in [0.3, 0.4) is 0 Å². The maximum atomic E-state index is 14.0. The van der Waals surface area contributed by atoms with Crippen molar-refractivity contribution in [3.63, 3.8) is 0 Å². The van der Waals surface area contributed by atoms with E-state index in [1.54, 1.807) is 0 Å². The average Bonchev–Trinajstić information content (AvgIpc) is 2.47. The second-order valence-corrected chi connectivity index (χ2v) is 7.52. The van der Waals surface area contributed by atoms with Crippen LogP contribution in [0.4, 0.5) is 4.39 Å². The first-order chi connectivity index (χ1) is 9.95. The Kier molecular flexibility index (Phi) is 5.60. The predicted octanol–water partition coefficient (Wildman–Crippen LogP) is 2.61. The molecule has 1 saturated heterocycles. The molecule has 0 amide bonds. The second kappa shape index (κ2) is 7.05. The fourth-order valence-corrected chi connectivity index (χ4v) is 3.85. The number of hydrogen-bond acceptors (Lipinski definition) is 3. The van der Waals surface area contributed by atoms with Gasteiger partial charge in [0.2, 0.25) is 10.0 Å². The average molecular weight is 336 g/mol. The number of rotatable bonds is 5. The van der Waals surface area contributed by atoms with Crippen LogP contribution in [0.15, 0.2) is 23.1 Å². The van der Waals surface area contributed by atoms with Gasteiger partial charge in [-0.05, 0) is 36.5 Å². The Labute approximate surface area is 129 Å². The van der Waals surface area contributed by atoms with Crippen LogP contribution in [-0.2, 0) is 20.6 Å². The van der Waals surface area contributed by atoms with Crippen molar-refractivity contribution in [3.05, 3.63) is 29.6 Å². The van der Waals surface area contributed by atoms with Crippen molar-refractivity contribution >= 4 is 21.6 Å². The fourth-order valence-electron chi connectivity index (χ4n) is 2.40. The van der Waals surface area contributed by atoms with Crippen molar-refractivity contribution in [2.24, 2.45) is 5.92 Å². The summed E-state index contributed by atoms with van der Waals surface area (Å²) in [6.45, 7) is 1.68. The molecular weight excluding hydrogens is 317 g/mol. The van der Waals surface area contributed by atoms with E-state index in [0.717, 1.165) is 12.8 Å². The topological polar surface area (TPSA) is 46.6 Å². The molecule has 0 N–H and O–H groups in total. The lowest BCUT2D eigenvalue weighted by Gasteiger charge is -2.26. The van der Waals surface area contributed by atoms with Crippen molar-refractivity contribution in [2.75, 3.05) is 26.8 Å². The molecule has 118 valence electrons. The Morgan fingerprint density at radius 2 is 2.05 bits per heavy atom. The van der Waals surface area contributed by atoms with Gasteiger partial charge in [0.25, 0.3) is 0 Å². The predicted molar refractivity (Wildman–Crippen MR) is 79.3 cm³/mol. The van der Waals surface area contributed by atoms with Crippen LogP contribution in [0.2, 0.25) is 0 Å². The van der Waals surface area contributed by atoms with Gasteiger partial charge in [-0.2, -0.15) is 0 Å². The van der Waals surface area contributed by atoms with Gasteiger partial charge in [-0.1, -0.05) is 6.07 Å². The molecule has 0 radical (unpaired) electrons. The highest BCUT2D eigenvalue weighted by Crippen LogP contribution is 2.23. The lowest BCUT2D eigenvalue weighted by Crippen LogP contribution is -2.34. The molecule has 0 atom stereocenters. The molecule has 21 heavy (non-hydrogen) atoms. The summed E-state index contributed by atoms with van der Waals surface area (Å²) in [6, 6.07) is 3.98. The van der Waals surface area contributed by atoms with Gasteiger partial charge in [-0.25, -0.2) is 17.1 Å². The first kappa shape index (κ1) is 16.7. The Balaban J connectivity index is 2.16. The minimum absolute atomic E-state index is 0.148. The molecule has 0 unspecified atom stereocenters. The van der Waals surface area contributed by atoms with Crippen molar-refractivity contribution in [3.8, 4) is 0 Å². The summed E-state index contributed by atoms with van der Waals surface area (Å²) < 4.78 is 45.4. The molecule has 0 bridgehead atoms. The number of nitrogens with zero attached hydrogens (tertiary/aromatic N) is 1. The fraction of sp³-hybridized carbons (Fsp3) is 0.571. The van der Waals surface area contributed by atoms with E-state index < -0.39 is 15.8 Å². The minimum atomic E-state index is -3.82. The number of ether oxygens (including phenoxy) is 1. The highest BCUT2D eigenvalue weighted by molar-refractivity contribution is 7.89. The smallest absolute Gasteiger partial charge is 0.245 e. The molecule has 7 heteroatoms. The summed E-state index contributed by atoms with van der Waals surface area (Å²) in [7, 11) is -2.33. The largest absolute Gasteiger partial charge is 0.381 e. The van der Waals surface area contributed by atoms with Gasteiger partial charge >= 0.3 is 0 Å². The zero-order valence-corrected chi connectivity index (χ0v) is 13.5. The van der Waals surface area contributed by atoms with E-state index in [0.29, 0.717) is 25.3 Å². The third kappa shape index (κ3) is 3.94. The number of halogens is 2. The molecule has 4 nitrogen and oxygen atoms in total. The van der Waals surface area contributed by atoms with Crippen LogP contribution in [0.1, 0.15) is 18.4 Å². The molecule has 0 aliphatic carbocycles. The molecule has 0 saturated carbocycles. The minimum Gasteiger partial charge on any atom is -0.381 e. The van der Waals surface area contributed by atoms with E-state index in [9.17, 15) is 12.8 Å². The van der Waals surface area contributed by atoms with Crippen molar-refractivity contribution < 1.29 is 17.5 Å². The Bertz CT molecular complexity index is 588. The monoisotopic (exact) mass is 335 g/mol. The van der Waals surface area contributed by atoms with Crippen molar-refractivity contribution in [1.82, 2.24) is 4.31 Å². The van der Waals surface area contributed by atoms with E-state index in [-0.39, 0.29) is 16.7 Å². The summed E-state index contributed by atoms with van der Waals surface area (Å²) in [6.07, 6.45) is 1.65. The summed E-state index contributed by atoms with van der Waals surface area (Å²) in [5.74, 6) is -0.356. The number of sulfonamides is 1. The first-order valence-corrected chi connectivity index (χ1v) is 8.81. The summed E-state index contributed by atoms with van der Waals surface area (Å²) >= 11 is 5.62. The van der Waals surface area contributed by atoms with Crippen molar-refractivity contribution in [2.45, 2.75) is 23.6 Å². The van der Waals surface area contributed by atoms with Crippen LogP contribution in [-0.4, -0.2) is 39.5 Å².